The quantitative estimate of drug-likeness (QED) is 0.807. The molecular weight excluding hydrogens is 352 g/mol. The SMILES string of the molecule is Cc1cccc(OCC(=O)Nc2ccccc2C(=O)N(C)C2CCCCC2)c1. The fourth-order valence-electron chi connectivity index (χ4n) is 3.64. The molecule has 3 rings (SSSR count). The van der Waals surface area contributed by atoms with Gasteiger partial charge in [0.05, 0.1) is 11.3 Å². The lowest BCUT2D eigenvalue weighted by atomic mass is 9.94. The highest BCUT2D eigenvalue weighted by Gasteiger charge is 2.24. The van der Waals surface area contributed by atoms with E-state index in [1.165, 1.54) is 6.42 Å². The summed E-state index contributed by atoms with van der Waals surface area (Å²) in [4.78, 5) is 27.2. The van der Waals surface area contributed by atoms with Crippen LogP contribution in [0.5, 0.6) is 5.75 Å². The number of amides is 2. The molecule has 0 bridgehead atoms. The van der Waals surface area contributed by atoms with Crippen LogP contribution in [0.1, 0.15) is 48.0 Å². The second kappa shape index (κ2) is 9.40. The molecule has 0 unspecified atom stereocenters. The van der Waals surface area contributed by atoms with Crippen molar-refractivity contribution in [2.24, 2.45) is 0 Å². The molecule has 0 radical (unpaired) electrons. The Labute approximate surface area is 166 Å². The molecule has 0 saturated heterocycles. The molecule has 1 aliphatic carbocycles. The van der Waals surface area contributed by atoms with Gasteiger partial charge in [0.15, 0.2) is 6.61 Å². The molecule has 2 amide bonds. The van der Waals surface area contributed by atoms with Gasteiger partial charge in [0.2, 0.25) is 0 Å². The first-order valence-corrected chi connectivity index (χ1v) is 9.90. The summed E-state index contributed by atoms with van der Waals surface area (Å²) in [6, 6.07) is 15.0. The van der Waals surface area contributed by atoms with Crippen molar-refractivity contribution in [2.75, 3.05) is 19.0 Å². The Kier molecular flexibility index (Phi) is 6.69. The zero-order valence-electron chi connectivity index (χ0n) is 16.6. The van der Waals surface area contributed by atoms with Gasteiger partial charge in [-0.25, -0.2) is 0 Å². The molecule has 0 heterocycles. The average molecular weight is 380 g/mol. The van der Waals surface area contributed by atoms with Crippen LogP contribution < -0.4 is 10.1 Å². The molecule has 0 spiro atoms. The largest absolute Gasteiger partial charge is 0.484 e. The highest BCUT2D eigenvalue weighted by Crippen LogP contribution is 2.25. The van der Waals surface area contributed by atoms with Crippen LogP contribution in [0, 0.1) is 6.92 Å². The smallest absolute Gasteiger partial charge is 0.262 e. The molecule has 0 atom stereocenters. The van der Waals surface area contributed by atoms with Gasteiger partial charge in [-0.2, -0.15) is 0 Å². The number of hydrogen-bond acceptors (Lipinski definition) is 3. The fourth-order valence-corrected chi connectivity index (χ4v) is 3.64. The third-order valence-electron chi connectivity index (χ3n) is 5.23. The van der Waals surface area contributed by atoms with E-state index in [9.17, 15) is 9.59 Å². The van der Waals surface area contributed by atoms with Gasteiger partial charge in [-0.15, -0.1) is 0 Å². The number of rotatable bonds is 6. The summed E-state index contributed by atoms with van der Waals surface area (Å²) in [6.07, 6.45) is 5.66. The van der Waals surface area contributed by atoms with E-state index in [1.54, 1.807) is 12.1 Å². The van der Waals surface area contributed by atoms with Crippen molar-refractivity contribution in [1.29, 1.82) is 0 Å². The Morgan fingerprint density at radius 2 is 1.82 bits per heavy atom. The standard InChI is InChI=1S/C23H28N2O3/c1-17-9-8-12-19(15-17)28-16-22(26)24-21-14-7-6-13-20(21)23(27)25(2)18-10-4-3-5-11-18/h6-9,12-15,18H,3-5,10-11,16H2,1-2H3,(H,24,26). The van der Waals surface area contributed by atoms with Crippen LogP contribution in [0.4, 0.5) is 5.69 Å². The van der Waals surface area contributed by atoms with Crippen molar-refractivity contribution in [3.63, 3.8) is 0 Å². The van der Waals surface area contributed by atoms with Crippen molar-refractivity contribution in [2.45, 2.75) is 45.1 Å². The van der Waals surface area contributed by atoms with Crippen LogP contribution in [-0.4, -0.2) is 36.4 Å². The number of anilines is 1. The first kappa shape index (κ1) is 19.9. The van der Waals surface area contributed by atoms with E-state index in [4.69, 9.17) is 4.74 Å². The van der Waals surface area contributed by atoms with Gasteiger partial charge in [0.1, 0.15) is 5.75 Å². The maximum atomic E-state index is 13.0. The molecule has 148 valence electrons. The zero-order valence-corrected chi connectivity index (χ0v) is 16.6. The van der Waals surface area contributed by atoms with Gasteiger partial charge < -0.3 is 15.0 Å². The van der Waals surface area contributed by atoms with Crippen LogP contribution in [-0.2, 0) is 4.79 Å². The molecule has 0 aliphatic heterocycles. The van der Waals surface area contributed by atoms with Crippen LogP contribution in [0.2, 0.25) is 0 Å². The maximum Gasteiger partial charge on any atom is 0.262 e. The first-order chi connectivity index (χ1) is 13.5. The second-order valence-corrected chi connectivity index (χ2v) is 7.41. The number of carbonyl (C=O) groups excluding carboxylic acids is 2. The maximum absolute atomic E-state index is 13.0. The van der Waals surface area contributed by atoms with Gasteiger partial charge in [0, 0.05) is 13.1 Å². The predicted molar refractivity (Wildman–Crippen MR) is 111 cm³/mol. The lowest BCUT2D eigenvalue weighted by Crippen LogP contribution is -2.38. The number of benzene rings is 2. The normalized spacial score (nSPS) is 14.4. The van der Waals surface area contributed by atoms with Crippen LogP contribution >= 0.6 is 0 Å². The summed E-state index contributed by atoms with van der Waals surface area (Å²) in [5.74, 6) is 0.307. The lowest BCUT2D eigenvalue weighted by molar-refractivity contribution is -0.118. The molecule has 2 aromatic rings. The van der Waals surface area contributed by atoms with Crippen molar-refractivity contribution in [3.05, 3.63) is 59.7 Å². The molecular formula is C23H28N2O3. The predicted octanol–water partition coefficient (Wildman–Crippen LogP) is 4.42. The summed E-state index contributed by atoms with van der Waals surface area (Å²) >= 11 is 0. The lowest BCUT2D eigenvalue weighted by Gasteiger charge is -2.31. The fraction of sp³-hybridized carbons (Fsp3) is 0.391. The van der Waals surface area contributed by atoms with E-state index in [0.29, 0.717) is 17.0 Å². The summed E-state index contributed by atoms with van der Waals surface area (Å²) in [5, 5.41) is 2.82. The van der Waals surface area contributed by atoms with Gasteiger partial charge >= 0.3 is 0 Å². The van der Waals surface area contributed by atoms with E-state index in [-0.39, 0.29) is 24.5 Å². The van der Waals surface area contributed by atoms with E-state index < -0.39 is 0 Å². The Hall–Kier alpha value is -2.82. The number of aryl methyl sites for hydroxylation is 1. The summed E-state index contributed by atoms with van der Waals surface area (Å²) in [6.45, 7) is 1.86. The summed E-state index contributed by atoms with van der Waals surface area (Å²) < 4.78 is 5.56. The van der Waals surface area contributed by atoms with Crippen molar-refractivity contribution < 1.29 is 14.3 Å². The van der Waals surface area contributed by atoms with Crippen LogP contribution in [0.3, 0.4) is 0 Å². The Bertz CT molecular complexity index is 828. The number of carbonyl (C=O) groups is 2. The van der Waals surface area contributed by atoms with Gasteiger partial charge in [-0.05, 0) is 49.6 Å². The highest BCUT2D eigenvalue weighted by molar-refractivity contribution is 6.04. The molecule has 1 fully saturated rings. The van der Waals surface area contributed by atoms with Gasteiger partial charge in [-0.1, -0.05) is 43.5 Å². The van der Waals surface area contributed by atoms with Crippen LogP contribution in [0.25, 0.3) is 0 Å². The Balaban J connectivity index is 1.64. The Morgan fingerprint density at radius 1 is 1.07 bits per heavy atom. The number of nitrogens with zero attached hydrogens (tertiary/aromatic N) is 1. The van der Waals surface area contributed by atoms with E-state index in [1.807, 2.05) is 55.3 Å². The summed E-state index contributed by atoms with van der Waals surface area (Å²) in [5.41, 5.74) is 2.10. The molecule has 1 N–H and O–H groups in total. The molecule has 1 saturated carbocycles. The minimum absolute atomic E-state index is 0.0533. The number of nitrogens with one attached hydrogen (secondary N) is 1. The van der Waals surface area contributed by atoms with Crippen LogP contribution in [0.15, 0.2) is 48.5 Å². The zero-order chi connectivity index (χ0) is 19.9. The first-order valence-electron chi connectivity index (χ1n) is 9.90. The molecule has 0 aromatic heterocycles. The highest BCUT2D eigenvalue weighted by atomic mass is 16.5. The molecule has 5 heteroatoms. The van der Waals surface area contributed by atoms with E-state index >= 15 is 0 Å². The number of ether oxygens (including phenoxy) is 1. The van der Waals surface area contributed by atoms with Gasteiger partial charge in [-0.3, -0.25) is 9.59 Å². The third-order valence-corrected chi connectivity index (χ3v) is 5.23. The average Bonchev–Trinajstić information content (AvgIpc) is 2.72. The molecule has 28 heavy (non-hydrogen) atoms. The monoisotopic (exact) mass is 380 g/mol. The second-order valence-electron chi connectivity index (χ2n) is 7.41. The molecule has 1 aliphatic rings. The van der Waals surface area contributed by atoms with Gasteiger partial charge in [0.25, 0.3) is 11.8 Å². The van der Waals surface area contributed by atoms with Crippen molar-refractivity contribution >= 4 is 17.5 Å². The minimum atomic E-state index is -0.290. The number of hydrogen-bond donors (Lipinski definition) is 1. The van der Waals surface area contributed by atoms with Crippen molar-refractivity contribution in [1.82, 2.24) is 4.90 Å². The number of para-hydroxylation sites is 1. The van der Waals surface area contributed by atoms with E-state index in [2.05, 4.69) is 5.32 Å². The Morgan fingerprint density at radius 3 is 2.57 bits per heavy atom. The van der Waals surface area contributed by atoms with Crippen molar-refractivity contribution in [3.8, 4) is 5.75 Å². The third kappa shape index (κ3) is 5.12. The minimum Gasteiger partial charge on any atom is -0.484 e. The topological polar surface area (TPSA) is 58.6 Å². The molecule has 2 aromatic carbocycles. The molecule has 5 nitrogen and oxygen atoms in total. The van der Waals surface area contributed by atoms with E-state index in [0.717, 1.165) is 31.2 Å². The summed E-state index contributed by atoms with van der Waals surface area (Å²) in [7, 11) is 1.86.